The highest BCUT2D eigenvalue weighted by Crippen LogP contribution is 2.43. The fraction of sp³-hybridized carbons (Fsp3) is 0.263. The largest absolute Gasteiger partial charge is 0.511 e. The Morgan fingerprint density at radius 3 is 2.04 bits per heavy atom. The van der Waals surface area contributed by atoms with E-state index in [0.29, 0.717) is 0 Å². The molecule has 0 amide bonds. The molecular weight excluding hydrogens is 324 g/mol. The number of benzene rings is 2. The van der Waals surface area contributed by atoms with Crippen LogP contribution in [0, 0.1) is 5.92 Å². The lowest BCUT2D eigenvalue weighted by atomic mass is 9.80. The summed E-state index contributed by atoms with van der Waals surface area (Å²) in [6.07, 6.45) is -0.998. The van der Waals surface area contributed by atoms with Gasteiger partial charge in [0.2, 0.25) is 0 Å². The first-order valence-electron chi connectivity index (χ1n) is 7.91. The molecule has 0 fully saturated rings. The monoisotopic (exact) mass is 342 g/mol. The lowest BCUT2D eigenvalue weighted by Crippen LogP contribution is -2.42. The van der Waals surface area contributed by atoms with Gasteiger partial charge in [-0.2, -0.15) is 4.89 Å². The average molecular weight is 342 g/mol. The van der Waals surface area contributed by atoms with Gasteiger partial charge >= 0.3 is 11.9 Å². The Hall–Kier alpha value is -2.70. The third-order valence-electron chi connectivity index (χ3n) is 3.94. The minimum Gasteiger partial charge on any atom is -0.434 e. The van der Waals surface area contributed by atoms with Gasteiger partial charge in [-0.05, 0) is 5.92 Å². The second-order valence-electron chi connectivity index (χ2n) is 6.19. The van der Waals surface area contributed by atoms with Gasteiger partial charge in [-0.25, -0.2) is 10.1 Å². The smallest absolute Gasteiger partial charge is 0.434 e. The van der Waals surface area contributed by atoms with Crippen LogP contribution in [0.3, 0.4) is 0 Å². The summed E-state index contributed by atoms with van der Waals surface area (Å²) in [5.74, 6) is -2.08. The van der Waals surface area contributed by atoms with Crippen molar-refractivity contribution in [2.24, 2.45) is 5.92 Å². The molecule has 1 N–H and O–H groups in total. The molecule has 3 rings (SSSR count). The minimum atomic E-state index is -1.96. The molecule has 6 heteroatoms. The Morgan fingerprint density at radius 2 is 1.56 bits per heavy atom. The Labute approximate surface area is 144 Å². The molecular formula is C19H18O6. The number of rotatable bonds is 4. The normalized spacial score (nSPS) is 14.6. The molecule has 130 valence electrons. The Bertz CT molecular complexity index is 762. The number of carbonyl (C=O) groups excluding carboxylic acids is 2. The van der Waals surface area contributed by atoms with Crippen LogP contribution in [-0.2, 0) is 20.1 Å². The molecule has 2 aromatic carbocycles. The minimum absolute atomic E-state index is 0.117. The predicted octanol–water partition coefficient (Wildman–Crippen LogP) is 3.73. The molecule has 0 bridgehead atoms. The van der Waals surface area contributed by atoms with E-state index in [0.717, 1.165) is 0 Å². The average Bonchev–Trinajstić information content (AvgIpc) is 2.63. The first-order chi connectivity index (χ1) is 12.0. The Kier molecular flexibility index (Phi) is 4.57. The van der Waals surface area contributed by atoms with E-state index in [1.807, 2.05) is 13.8 Å². The van der Waals surface area contributed by atoms with Crippen LogP contribution < -0.4 is 0 Å². The van der Waals surface area contributed by atoms with E-state index in [4.69, 9.17) is 9.47 Å². The first kappa shape index (κ1) is 17.1. The second kappa shape index (κ2) is 6.66. The van der Waals surface area contributed by atoms with Crippen molar-refractivity contribution in [1.82, 2.24) is 0 Å². The van der Waals surface area contributed by atoms with Gasteiger partial charge < -0.3 is 9.47 Å². The summed E-state index contributed by atoms with van der Waals surface area (Å²) >= 11 is 0. The molecule has 0 atom stereocenters. The van der Waals surface area contributed by atoms with Crippen LogP contribution in [0.25, 0.3) is 0 Å². The van der Waals surface area contributed by atoms with E-state index >= 15 is 0 Å². The lowest BCUT2D eigenvalue weighted by Gasteiger charge is -2.35. The van der Waals surface area contributed by atoms with Crippen molar-refractivity contribution in [3.05, 3.63) is 70.8 Å². The SMILES string of the molecule is CC(C)COC(=O)OC1(OO)c2ccccc2C(=O)c2ccccc21. The topological polar surface area (TPSA) is 82.1 Å². The van der Waals surface area contributed by atoms with Crippen molar-refractivity contribution >= 4 is 11.9 Å². The summed E-state index contributed by atoms with van der Waals surface area (Å²) in [4.78, 5) is 29.5. The molecule has 0 saturated heterocycles. The summed E-state index contributed by atoms with van der Waals surface area (Å²) in [5.41, 5.74) is 1.05. The third kappa shape index (κ3) is 2.90. The van der Waals surface area contributed by atoms with Gasteiger partial charge in [0.05, 0.1) is 6.61 Å². The quantitative estimate of drug-likeness (QED) is 0.394. The maximum atomic E-state index is 12.7. The molecule has 1 aliphatic rings. The number of ether oxygens (including phenoxy) is 2. The van der Waals surface area contributed by atoms with E-state index in [1.54, 1.807) is 48.5 Å². The fourth-order valence-corrected chi connectivity index (χ4v) is 2.83. The van der Waals surface area contributed by atoms with Gasteiger partial charge in [0.15, 0.2) is 5.78 Å². The highest BCUT2D eigenvalue weighted by atomic mass is 17.2. The van der Waals surface area contributed by atoms with Crippen molar-refractivity contribution in [2.45, 2.75) is 19.6 Å². The van der Waals surface area contributed by atoms with Crippen LogP contribution in [0.15, 0.2) is 48.5 Å². The Morgan fingerprint density at radius 1 is 1.04 bits per heavy atom. The summed E-state index contributed by atoms with van der Waals surface area (Å²) in [6.45, 7) is 3.92. The van der Waals surface area contributed by atoms with E-state index in [1.165, 1.54) is 0 Å². The molecule has 0 unspecified atom stereocenters. The third-order valence-corrected chi connectivity index (χ3v) is 3.94. The van der Waals surface area contributed by atoms with Gasteiger partial charge in [0, 0.05) is 22.3 Å². The molecule has 2 aromatic rings. The van der Waals surface area contributed by atoms with Gasteiger partial charge in [-0.3, -0.25) is 4.79 Å². The Balaban J connectivity index is 2.10. The highest BCUT2D eigenvalue weighted by molar-refractivity contribution is 6.13. The molecule has 25 heavy (non-hydrogen) atoms. The number of ketones is 1. The van der Waals surface area contributed by atoms with Crippen LogP contribution in [0.4, 0.5) is 4.79 Å². The highest BCUT2D eigenvalue weighted by Gasteiger charge is 2.49. The molecule has 6 nitrogen and oxygen atoms in total. The van der Waals surface area contributed by atoms with E-state index in [2.05, 4.69) is 4.89 Å². The van der Waals surface area contributed by atoms with Crippen LogP contribution in [0.2, 0.25) is 0 Å². The second-order valence-corrected chi connectivity index (χ2v) is 6.19. The number of carbonyl (C=O) groups is 2. The van der Waals surface area contributed by atoms with Crippen molar-refractivity contribution in [2.75, 3.05) is 6.61 Å². The molecule has 0 heterocycles. The van der Waals surface area contributed by atoms with Crippen molar-refractivity contribution in [1.29, 1.82) is 0 Å². The van der Waals surface area contributed by atoms with Crippen LogP contribution >= 0.6 is 0 Å². The maximum absolute atomic E-state index is 12.7. The molecule has 0 saturated carbocycles. The van der Waals surface area contributed by atoms with Crippen LogP contribution in [0.1, 0.15) is 40.9 Å². The molecule has 0 spiro atoms. The summed E-state index contributed by atoms with van der Waals surface area (Å²) in [6, 6.07) is 13.0. The molecule has 1 aliphatic carbocycles. The maximum Gasteiger partial charge on any atom is 0.511 e. The standard InChI is InChI=1S/C19H18O6/c1-12(2)11-23-18(21)24-19(25-22)15-9-5-3-7-13(15)17(20)14-8-4-6-10-16(14)19/h3-10,12,22H,11H2,1-2H3. The zero-order valence-electron chi connectivity index (χ0n) is 13.9. The zero-order chi connectivity index (χ0) is 18.0. The van der Waals surface area contributed by atoms with Crippen molar-refractivity contribution in [3.8, 4) is 0 Å². The molecule has 0 aliphatic heterocycles. The van der Waals surface area contributed by atoms with E-state index < -0.39 is 11.9 Å². The van der Waals surface area contributed by atoms with Crippen LogP contribution in [0.5, 0.6) is 0 Å². The molecule has 0 aromatic heterocycles. The van der Waals surface area contributed by atoms with E-state index in [9.17, 15) is 14.8 Å². The summed E-state index contributed by atoms with van der Waals surface area (Å²) < 4.78 is 10.4. The molecule has 0 radical (unpaired) electrons. The lowest BCUT2D eigenvalue weighted by molar-refractivity contribution is -0.383. The zero-order valence-corrected chi connectivity index (χ0v) is 13.9. The van der Waals surface area contributed by atoms with Gasteiger partial charge in [0.25, 0.3) is 0 Å². The number of hydrogen-bond acceptors (Lipinski definition) is 6. The van der Waals surface area contributed by atoms with Gasteiger partial charge in [-0.1, -0.05) is 62.4 Å². The number of fused-ring (bicyclic) bond motifs is 2. The van der Waals surface area contributed by atoms with Crippen LogP contribution in [-0.4, -0.2) is 23.8 Å². The fourth-order valence-electron chi connectivity index (χ4n) is 2.83. The number of hydrogen-bond donors (Lipinski definition) is 1. The summed E-state index contributed by atoms with van der Waals surface area (Å²) in [5, 5.41) is 9.70. The van der Waals surface area contributed by atoms with Crippen molar-refractivity contribution in [3.63, 3.8) is 0 Å². The van der Waals surface area contributed by atoms with Gasteiger partial charge in [0.1, 0.15) is 0 Å². The van der Waals surface area contributed by atoms with E-state index in [-0.39, 0.29) is 40.6 Å². The van der Waals surface area contributed by atoms with Crippen molar-refractivity contribution < 1.29 is 29.2 Å². The summed E-state index contributed by atoms with van der Waals surface area (Å²) in [7, 11) is 0. The predicted molar refractivity (Wildman–Crippen MR) is 88.1 cm³/mol. The first-order valence-corrected chi connectivity index (χ1v) is 7.91. The van der Waals surface area contributed by atoms with Gasteiger partial charge in [-0.15, -0.1) is 0 Å².